The first-order valence-corrected chi connectivity index (χ1v) is 8.49. The topological polar surface area (TPSA) is 85.8 Å². The van der Waals surface area contributed by atoms with Gasteiger partial charge < -0.3 is 20.9 Å². The van der Waals surface area contributed by atoms with Gasteiger partial charge in [-0.1, -0.05) is 19.1 Å². The van der Waals surface area contributed by atoms with Crippen LogP contribution in [-0.4, -0.2) is 56.9 Å². The molecule has 0 saturated heterocycles. The molecular weight excluding hydrogens is 445 g/mol. The Labute approximate surface area is 173 Å². The van der Waals surface area contributed by atoms with Gasteiger partial charge in [0.05, 0.1) is 0 Å². The van der Waals surface area contributed by atoms with E-state index in [-0.39, 0.29) is 35.8 Å². The van der Waals surface area contributed by atoms with Crippen LogP contribution >= 0.6 is 24.0 Å². The molecule has 0 radical (unpaired) electrons. The van der Waals surface area contributed by atoms with Crippen LogP contribution in [0, 0.1) is 0 Å². The second-order valence-electron chi connectivity index (χ2n) is 5.85. The Kier molecular flexibility index (Phi) is 12.4. The Bertz CT molecular complexity index is 588. The second kappa shape index (κ2) is 13.4. The van der Waals surface area contributed by atoms with Crippen LogP contribution in [0.1, 0.15) is 35.7 Å². The van der Waals surface area contributed by atoms with E-state index in [0.717, 1.165) is 12.0 Å². The lowest BCUT2D eigenvalue weighted by Gasteiger charge is -2.13. The molecule has 0 atom stereocenters. The molecule has 1 rings (SSSR count). The molecular formula is C18H30IN5O2. The van der Waals surface area contributed by atoms with Gasteiger partial charge in [-0.3, -0.25) is 14.6 Å². The molecule has 0 unspecified atom stereocenters. The summed E-state index contributed by atoms with van der Waals surface area (Å²) in [4.78, 5) is 29.1. The van der Waals surface area contributed by atoms with Crippen molar-refractivity contribution in [1.82, 2.24) is 20.9 Å². The molecule has 8 heteroatoms. The molecule has 0 bridgehead atoms. The summed E-state index contributed by atoms with van der Waals surface area (Å²) in [5.74, 6) is 0.654. The summed E-state index contributed by atoms with van der Waals surface area (Å²) < 4.78 is 0. The van der Waals surface area contributed by atoms with Crippen molar-refractivity contribution < 1.29 is 9.59 Å². The van der Waals surface area contributed by atoms with Crippen molar-refractivity contribution in [3.05, 3.63) is 35.4 Å². The van der Waals surface area contributed by atoms with Gasteiger partial charge in [0.15, 0.2) is 5.96 Å². The standard InChI is InChI=1S/C18H29N5O2.HI/c1-5-11-20-16(24)10-12-21-18(19-2)22-13-14-6-8-15(9-7-14)17(25)23(3)4;/h6-9H,5,10-13H2,1-4H3,(H,20,24)(H2,19,21,22);1H. The Morgan fingerprint density at radius 3 is 2.23 bits per heavy atom. The van der Waals surface area contributed by atoms with Crippen LogP contribution in [0.4, 0.5) is 0 Å². The molecule has 0 aliphatic heterocycles. The van der Waals surface area contributed by atoms with Crippen LogP contribution < -0.4 is 16.0 Å². The van der Waals surface area contributed by atoms with E-state index >= 15 is 0 Å². The molecule has 3 N–H and O–H groups in total. The largest absolute Gasteiger partial charge is 0.356 e. The fraction of sp³-hybridized carbons (Fsp3) is 0.500. The molecule has 7 nitrogen and oxygen atoms in total. The number of halogens is 1. The zero-order valence-corrected chi connectivity index (χ0v) is 18.3. The molecule has 26 heavy (non-hydrogen) atoms. The molecule has 0 aliphatic rings. The highest BCUT2D eigenvalue weighted by Gasteiger charge is 2.07. The van der Waals surface area contributed by atoms with E-state index in [1.54, 1.807) is 26.0 Å². The number of carbonyl (C=O) groups excluding carboxylic acids is 2. The summed E-state index contributed by atoms with van der Waals surface area (Å²) in [7, 11) is 5.15. The van der Waals surface area contributed by atoms with Gasteiger partial charge >= 0.3 is 0 Å². The normalized spacial score (nSPS) is 10.5. The van der Waals surface area contributed by atoms with Crippen LogP contribution in [0.15, 0.2) is 29.3 Å². The van der Waals surface area contributed by atoms with Gasteiger partial charge in [0.1, 0.15) is 0 Å². The van der Waals surface area contributed by atoms with E-state index in [0.29, 0.717) is 37.6 Å². The van der Waals surface area contributed by atoms with E-state index in [4.69, 9.17) is 0 Å². The summed E-state index contributed by atoms with van der Waals surface area (Å²) in [5, 5.41) is 9.13. The van der Waals surface area contributed by atoms with Crippen molar-refractivity contribution >= 4 is 41.8 Å². The Hall–Kier alpha value is -1.84. The first-order chi connectivity index (χ1) is 12.0. The molecule has 0 saturated carbocycles. The zero-order valence-electron chi connectivity index (χ0n) is 16.0. The Morgan fingerprint density at radius 2 is 1.69 bits per heavy atom. The molecule has 2 amide bonds. The lowest BCUT2D eigenvalue weighted by molar-refractivity contribution is -0.120. The van der Waals surface area contributed by atoms with Crippen molar-refractivity contribution in [2.45, 2.75) is 26.3 Å². The quantitative estimate of drug-likeness (QED) is 0.303. The zero-order chi connectivity index (χ0) is 18.7. The summed E-state index contributed by atoms with van der Waals surface area (Å²) in [6.07, 6.45) is 1.34. The molecule has 146 valence electrons. The van der Waals surface area contributed by atoms with Crippen LogP contribution in [0.3, 0.4) is 0 Å². The summed E-state index contributed by atoms with van der Waals surface area (Å²) >= 11 is 0. The third-order valence-corrected chi connectivity index (χ3v) is 3.51. The predicted octanol–water partition coefficient (Wildman–Crippen LogP) is 1.59. The number of nitrogens with one attached hydrogen (secondary N) is 3. The van der Waals surface area contributed by atoms with E-state index in [2.05, 4.69) is 20.9 Å². The van der Waals surface area contributed by atoms with Gasteiger partial charge in [-0.25, -0.2) is 0 Å². The van der Waals surface area contributed by atoms with Crippen molar-refractivity contribution in [3.63, 3.8) is 0 Å². The molecule has 0 aliphatic carbocycles. The average Bonchev–Trinajstić information content (AvgIpc) is 2.62. The van der Waals surface area contributed by atoms with Crippen molar-refractivity contribution in [3.8, 4) is 0 Å². The maximum absolute atomic E-state index is 11.9. The van der Waals surface area contributed by atoms with Crippen molar-refractivity contribution in [1.29, 1.82) is 0 Å². The van der Waals surface area contributed by atoms with Crippen LogP contribution in [0.25, 0.3) is 0 Å². The first kappa shape index (κ1) is 24.2. The van der Waals surface area contributed by atoms with E-state index < -0.39 is 0 Å². The average molecular weight is 475 g/mol. The maximum Gasteiger partial charge on any atom is 0.253 e. The molecule has 0 aromatic heterocycles. The maximum atomic E-state index is 11.9. The fourth-order valence-corrected chi connectivity index (χ4v) is 2.08. The minimum absolute atomic E-state index is 0. The number of aliphatic imine (C=N–C) groups is 1. The van der Waals surface area contributed by atoms with Gasteiger partial charge in [-0.05, 0) is 24.1 Å². The minimum Gasteiger partial charge on any atom is -0.356 e. The van der Waals surface area contributed by atoms with Gasteiger partial charge in [0.2, 0.25) is 5.91 Å². The molecule has 0 heterocycles. The van der Waals surface area contributed by atoms with Gasteiger partial charge in [-0.2, -0.15) is 0 Å². The lowest BCUT2D eigenvalue weighted by atomic mass is 10.1. The van der Waals surface area contributed by atoms with E-state index in [1.807, 2.05) is 31.2 Å². The summed E-state index contributed by atoms with van der Waals surface area (Å²) in [5.41, 5.74) is 1.70. The van der Waals surface area contributed by atoms with Gasteiger partial charge in [-0.15, -0.1) is 24.0 Å². The lowest BCUT2D eigenvalue weighted by Crippen LogP contribution is -2.39. The number of hydrogen-bond donors (Lipinski definition) is 3. The monoisotopic (exact) mass is 475 g/mol. The fourth-order valence-electron chi connectivity index (χ4n) is 2.08. The number of guanidine groups is 1. The number of amides is 2. The molecule has 1 aromatic carbocycles. The third kappa shape index (κ3) is 9.02. The number of benzene rings is 1. The molecule has 1 aromatic rings. The highest BCUT2D eigenvalue weighted by atomic mass is 127. The van der Waals surface area contributed by atoms with Crippen LogP contribution in [0.5, 0.6) is 0 Å². The minimum atomic E-state index is -0.0154. The van der Waals surface area contributed by atoms with Crippen molar-refractivity contribution in [2.75, 3.05) is 34.2 Å². The summed E-state index contributed by atoms with van der Waals surface area (Å²) in [6.45, 7) is 3.83. The number of hydrogen-bond acceptors (Lipinski definition) is 3. The van der Waals surface area contributed by atoms with Gasteiger partial charge in [0.25, 0.3) is 5.91 Å². The highest BCUT2D eigenvalue weighted by molar-refractivity contribution is 14.0. The van der Waals surface area contributed by atoms with Gasteiger partial charge in [0, 0.05) is 52.8 Å². The smallest absolute Gasteiger partial charge is 0.253 e. The number of carbonyl (C=O) groups is 2. The third-order valence-electron chi connectivity index (χ3n) is 3.51. The first-order valence-electron chi connectivity index (χ1n) is 8.49. The molecule has 0 fully saturated rings. The highest BCUT2D eigenvalue weighted by Crippen LogP contribution is 2.06. The second-order valence-corrected chi connectivity index (χ2v) is 5.85. The summed E-state index contributed by atoms with van der Waals surface area (Å²) in [6, 6.07) is 7.45. The number of rotatable bonds is 8. The van der Waals surface area contributed by atoms with Crippen molar-refractivity contribution in [2.24, 2.45) is 4.99 Å². The predicted molar refractivity (Wildman–Crippen MR) is 116 cm³/mol. The van der Waals surface area contributed by atoms with Crippen LogP contribution in [-0.2, 0) is 11.3 Å². The number of nitrogens with zero attached hydrogens (tertiary/aromatic N) is 2. The SMILES string of the molecule is CCCNC(=O)CCNC(=NC)NCc1ccc(C(=O)N(C)C)cc1.I. The van der Waals surface area contributed by atoms with E-state index in [9.17, 15) is 9.59 Å². The van der Waals surface area contributed by atoms with Crippen LogP contribution in [0.2, 0.25) is 0 Å². The van der Waals surface area contributed by atoms with E-state index in [1.165, 1.54) is 0 Å². The molecule has 0 spiro atoms. The Balaban J connectivity index is 0.00000625. The Morgan fingerprint density at radius 1 is 1.04 bits per heavy atom.